The van der Waals surface area contributed by atoms with E-state index in [0.29, 0.717) is 34.4 Å². The molecule has 37 heavy (non-hydrogen) atoms. The number of ether oxygens (including phenoxy) is 3. The van der Waals surface area contributed by atoms with E-state index in [2.05, 4.69) is 21.2 Å². The highest BCUT2D eigenvalue weighted by atomic mass is 35.5. The molecule has 5 N–H and O–H groups in total. The lowest BCUT2D eigenvalue weighted by Crippen LogP contribution is -2.45. The van der Waals surface area contributed by atoms with E-state index in [4.69, 9.17) is 37.4 Å². The molecule has 1 heterocycles. The third-order valence-corrected chi connectivity index (χ3v) is 5.66. The monoisotopic (exact) mass is 552 g/mol. The minimum atomic E-state index is -1.22. The Bertz CT molecular complexity index is 1240. The van der Waals surface area contributed by atoms with E-state index in [0.717, 1.165) is 0 Å². The molecule has 0 saturated carbocycles. The molecule has 2 aromatic rings. The smallest absolute Gasteiger partial charge is 0.337 e. The standard InChI is InChI=1S/C24H26Cl2N4O7/c1-4-36-18-8-13(21-20(23(33)35-3)12(2)28-24(34)29-21)5-6-17(18)37-11-19(31)30-27-10-14-7-15(25)9-16(26)22(14)32/h5-10,19,21,30-32H,4,11H2,1-3H3,(H2,28,29,34)/b27-10-/t19-,21+/m1/s1. The number of nitrogens with one attached hydrogen (secondary N) is 3. The van der Waals surface area contributed by atoms with Crippen LogP contribution < -0.4 is 25.5 Å². The Morgan fingerprint density at radius 3 is 2.70 bits per heavy atom. The molecule has 198 valence electrons. The summed E-state index contributed by atoms with van der Waals surface area (Å²) in [7, 11) is 1.26. The molecule has 3 rings (SSSR count). The molecule has 2 aromatic carbocycles. The number of carbonyl (C=O) groups is 2. The highest BCUT2D eigenvalue weighted by Gasteiger charge is 2.32. The number of allylic oxidation sites excluding steroid dienone is 1. The van der Waals surface area contributed by atoms with Crippen LogP contribution in [0.1, 0.15) is 31.0 Å². The van der Waals surface area contributed by atoms with Crippen LogP contribution in [0.4, 0.5) is 4.79 Å². The van der Waals surface area contributed by atoms with Gasteiger partial charge in [0.1, 0.15) is 12.4 Å². The predicted octanol–water partition coefficient (Wildman–Crippen LogP) is 3.22. The van der Waals surface area contributed by atoms with E-state index in [9.17, 15) is 19.8 Å². The van der Waals surface area contributed by atoms with Gasteiger partial charge in [-0.2, -0.15) is 5.10 Å². The third kappa shape index (κ3) is 6.97. The van der Waals surface area contributed by atoms with Gasteiger partial charge in [0.25, 0.3) is 0 Å². The maximum absolute atomic E-state index is 12.4. The zero-order valence-corrected chi connectivity index (χ0v) is 21.7. The fraction of sp³-hybridized carbons (Fsp3) is 0.292. The number of halogens is 2. The first kappa shape index (κ1) is 27.9. The van der Waals surface area contributed by atoms with Gasteiger partial charge in [0.2, 0.25) is 0 Å². The Labute approximate surface area is 223 Å². The number of phenols is 1. The molecular weight excluding hydrogens is 527 g/mol. The van der Waals surface area contributed by atoms with E-state index in [1.807, 2.05) is 0 Å². The van der Waals surface area contributed by atoms with Crippen LogP contribution in [0, 0.1) is 0 Å². The third-order valence-electron chi connectivity index (χ3n) is 5.16. The van der Waals surface area contributed by atoms with Gasteiger partial charge in [0.15, 0.2) is 17.7 Å². The average Bonchev–Trinajstić information content (AvgIpc) is 2.85. The number of aliphatic hydroxyl groups excluding tert-OH is 1. The normalized spacial score (nSPS) is 16.2. The number of benzene rings is 2. The van der Waals surface area contributed by atoms with Crippen LogP contribution in [0.3, 0.4) is 0 Å². The molecule has 0 fully saturated rings. The molecule has 2 atom stereocenters. The molecule has 0 aliphatic carbocycles. The van der Waals surface area contributed by atoms with Crippen LogP contribution in [-0.4, -0.2) is 55.0 Å². The molecule has 13 heteroatoms. The largest absolute Gasteiger partial charge is 0.506 e. The number of carbonyl (C=O) groups excluding carboxylic acids is 2. The van der Waals surface area contributed by atoms with Crippen molar-refractivity contribution in [3.8, 4) is 17.2 Å². The van der Waals surface area contributed by atoms with Gasteiger partial charge >= 0.3 is 12.0 Å². The number of aromatic hydroxyl groups is 1. The van der Waals surface area contributed by atoms with E-state index < -0.39 is 24.3 Å². The maximum atomic E-state index is 12.4. The fourth-order valence-electron chi connectivity index (χ4n) is 3.50. The van der Waals surface area contributed by atoms with Crippen LogP contribution in [0.2, 0.25) is 10.0 Å². The molecule has 0 spiro atoms. The lowest BCUT2D eigenvalue weighted by Gasteiger charge is -2.28. The summed E-state index contributed by atoms with van der Waals surface area (Å²) in [6.07, 6.45) is 0.0285. The highest BCUT2D eigenvalue weighted by molar-refractivity contribution is 6.36. The second-order valence-corrected chi connectivity index (χ2v) is 8.58. The molecule has 0 saturated heterocycles. The fourth-order valence-corrected chi connectivity index (χ4v) is 4.01. The summed E-state index contributed by atoms with van der Waals surface area (Å²) < 4.78 is 16.2. The van der Waals surface area contributed by atoms with Crippen molar-refractivity contribution in [1.82, 2.24) is 16.1 Å². The molecule has 0 aromatic heterocycles. The van der Waals surface area contributed by atoms with Crippen molar-refractivity contribution in [2.24, 2.45) is 5.10 Å². The Morgan fingerprint density at radius 1 is 1.24 bits per heavy atom. The average molecular weight is 553 g/mol. The van der Waals surface area contributed by atoms with Crippen molar-refractivity contribution in [3.05, 3.63) is 62.8 Å². The summed E-state index contributed by atoms with van der Waals surface area (Å²) in [6, 6.07) is 6.51. The first-order valence-electron chi connectivity index (χ1n) is 11.0. The van der Waals surface area contributed by atoms with Crippen LogP contribution in [-0.2, 0) is 9.53 Å². The van der Waals surface area contributed by atoms with Crippen LogP contribution >= 0.6 is 23.2 Å². The first-order chi connectivity index (χ1) is 17.6. The Hall–Kier alpha value is -3.67. The predicted molar refractivity (Wildman–Crippen MR) is 137 cm³/mol. The van der Waals surface area contributed by atoms with Crippen molar-refractivity contribution in [2.45, 2.75) is 26.1 Å². The second kappa shape index (κ2) is 12.5. The molecule has 1 aliphatic heterocycles. The highest BCUT2D eigenvalue weighted by Crippen LogP contribution is 2.35. The second-order valence-electron chi connectivity index (χ2n) is 7.74. The van der Waals surface area contributed by atoms with Crippen molar-refractivity contribution in [3.63, 3.8) is 0 Å². The summed E-state index contributed by atoms with van der Waals surface area (Å²) >= 11 is 11.8. The first-order valence-corrected chi connectivity index (χ1v) is 11.8. The van der Waals surface area contributed by atoms with Crippen LogP contribution in [0.15, 0.2) is 46.7 Å². The SMILES string of the molecule is CCOc1cc([C@@H]2NC(=O)NC(C)=C2C(=O)OC)ccc1OC[C@@H](O)N/N=C\c1cc(Cl)cc(Cl)c1O. The molecule has 11 nitrogen and oxygen atoms in total. The summed E-state index contributed by atoms with van der Waals surface area (Å²) in [5.74, 6) is -0.135. The molecule has 2 amide bonds. The molecule has 0 radical (unpaired) electrons. The number of nitrogens with zero attached hydrogens (tertiary/aromatic N) is 1. The number of aliphatic hydroxyl groups is 1. The quantitative estimate of drug-likeness (QED) is 0.130. The summed E-state index contributed by atoms with van der Waals surface area (Å²) in [5.41, 5.74) is 3.92. The number of phenolic OH excluding ortho intramolecular Hbond substituents is 1. The Morgan fingerprint density at radius 2 is 2.00 bits per heavy atom. The van der Waals surface area contributed by atoms with Gasteiger partial charge in [-0.3, -0.25) is 5.43 Å². The number of hydrazone groups is 1. The number of amides is 2. The maximum Gasteiger partial charge on any atom is 0.337 e. The number of hydrogen-bond donors (Lipinski definition) is 5. The van der Waals surface area contributed by atoms with Gasteiger partial charge in [-0.15, -0.1) is 0 Å². The number of hydrogen-bond acceptors (Lipinski definition) is 9. The number of methoxy groups -OCH3 is 1. The number of rotatable bonds is 10. The van der Waals surface area contributed by atoms with E-state index in [1.165, 1.54) is 25.5 Å². The topological polar surface area (TPSA) is 151 Å². The molecule has 0 unspecified atom stereocenters. The van der Waals surface area contributed by atoms with Gasteiger partial charge in [-0.05, 0) is 43.7 Å². The summed E-state index contributed by atoms with van der Waals surface area (Å²) in [5, 5.41) is 29.7. The van der Waals surface area contributed by atoms with Gasteiger partial charge in [0, 0.05) is 16.3 Å². The van der Waals surface area contributed by atoms with Crippen molar-refractivity contribution in [2.75, 3.05) is 20.3 Å². The zero-order chi connectivity index (χ0) is 27.1. The van der Waals surface area contributed by atoms with E-state index in [1.54, 1.807) is 32.0 Å². The van der Waals surface area contributed by atoms with Gasteiger partial charge in [0.05, 0.1) is 36.6 Å². The number of esters is 1. The van der Waals surface area contributed by atoms with E-state index in [-0.39, 0.29) is 28.5 Å². The molecular formula is C24H26Cl2N4O7. The summed E-state index contributed by atoms with van der Waals surface area (Å²) in [4.78, 5) is 24.4. The van der Waals surface area contributed by atoms with Crippen molar-refractivity contribution >= 4 is 41.4 Å². The lowest BCUT2D eigenvalue weighted by molar-refractivity contribution is -0.136. The summed E-state index contributed by atoms with van der Waals surface area (Å²) in [6.45, 7) is 3.50. The number of urea groups is 1. The Kier molecular flexibility index (Phi) is 9.45. The minimum Gasteiger partial charge on any atom is -0.506 e. The van der Waals surface area contributed by atoms with Gasteiger partial charge in [-0.25, -0.2) is 9.59 Å². The van der Waals surface area contributed by atoms with E-state index >= 15 is 0 Å². The molecule has 0 bridgehead atoms. The minimum absolute atomic E-state index is 0.0677. The Balaban J connectivity index is 1.72. The van der Waals surface area contributed by atoms with Crippen molar-refractivity contribution < 1.29 is 34.0 Å². The van der Waals surface area contributed by atoms with Crippen LogP contribution in [0.5, 0.6) is 17.2 Å². The van der Waals surface area contributed by atoms with Gasteiger partial charge < -0.3 is 35.1 Å². The van der Waals surface area contributed by atoms with Gasteiger partial charge in [-0.1, -0.05) is 29.3 Å². The van der Waals surface area contributed by atoms with Crippen molar-refractivity contribution in [1.29, 1.82) is 0 Å². The molecule has 1 aliphatic rings. The lowest BCUT2D eigenvalue weighted by atomic mass is 9.95. The van der Waals surface area contributed by atoms with Crippen LogP contribution in [0.25, 0.3) is 0 Å². The zero-order valence-electron chi connectivity index (χ0n) is 20.2.